The van der Waals surface area contributed by atoms with E-state index in [1.165, 1.54) is 4.90 Å². The molecule has 28 heavy (non-hydrogen) atoms. The summed E-state index contributed by atoms with van der Waals surface area (Å²) < 4.78 is 26.9. The van der Waals surface area contributed by atoms with E-state index in [0.29, 0.717) is 24.7 Å². The van der Waals surface area contributed by atoms with Gasteiger partial charge in [-0.3, -0.25) is 9.59 Å². The maximum absolute atomic E-state index is 13.8. The van der Waals surface area contributed by atoms with E-state index in [4.69, 9.17) is 5.73 Å². The molecular weight excluding hydrogens is 388 g/mol. The van der Waals surface area contributed by atoms with Crippen LogP contribution in [-0.2, 0) is 10.3 Å². The predicted molar refractivity (Wildman–Crippen MR) is 104 cm³/mol. The Kier molecular flexibility index (Phi) is 6.74. The highest BCUT2D eigenvalue weighted by Gasteiger charge is 2.36. The zero-order valence-corrected chi connectivity index (χ0v) is 16.2. The second-order valence-corrected chi connectivity index (χ2v) is 6.78. The standard InChI is InChI=1S/C20H21F2N3O2.ClH/c1-20(23,14-5-3-2-4-6-14)19(27)25-11-9-24(10-12-25)18(26)16-8-7-15(21)13-17(16)22;/h2-8,13H,9-12,23H2,1H3;1H. The van der Waals surface area contributed by atoms with Gasteiger partial charge in [-0.2, -0.15) is 0 Å². The van der Waals surface area contributed by atoms with Crippen LogP contribution in [0.15, 0.2) is 48.5 Å². The molecule has 2 N–H and O–H groups in total. The number of carbonyl (C=O) groups is 2. The van der Waals surface area contributed by atoms with Crippen molar-refractivity contribution in [2.75, 3.05) is 26.2 Å². The normalized spacial score (nSPS) is 16.1. The maximum Gasteiger partial charge on any atom is 0.256 e. The quantitative estimate of drug-likeness (QED) is 0.847. The molecular formula is C20H22ClF2N3O2. The number of amides is 2. The fraction of sp³-hybridized carbons (Fsp3) is 0.300. The van der Waals surface area contributed by atoms with Crippen LogP contribution in [0.2, 0.25) is 0 Å². The summed E-state index contributed by atoms with van der Waals surface area (Å²) in [6.07, 6.45) is 0. The Labute approximate surface area is 168 Å². The molecule has 1 fully saturated rings. The van der Waals surface area contributed by atoms with Crippen LogP contribution in [0.1, 0.15) is 22.8 Å². The number of nitrogens with two attached hydrogens (primary N) is 1. The number of piperazine rings is 1. The van der Waals surface area contributed by atoms with E-state index in [9.17, 15) is 18.4 Å². The van der Waals surface area contributed by atoms with E-state index in [1.54, 1.807) is 24.0 Å². The lowest BCUT2D eigenvalue weighted by Crippen LogP contribution is -2.57. The summed E-state index contributed by atoms with van der Waals surface area (Å²) in [5.41, 5.74) is 5.64. The molecule has 2 amide bonds. The van der Waals surface area contributed by atoms with E-state index in [-0.39, 0.29) is 37.0 Å². The number of hydrogen-bond donors (Lipinski definition) is 1. The zero-order chi connectivity index (χ0) is 19.6. The van der Waals surface area contributed by atoms with E-state index in [1.807, 2.05) is 18.2 Å². The van der Waals surface area contributed by atoms with Crippen molar-refractivity contribution >= 4 is 24.2 Å². The first-order valence-electron chi connectivity index (χ1n) is 8.69. The summed E-state index contributed by atoms with van der Waals surface area (Å²) in [6, 6.07) is 12.0. The van der Waals surface area contributed by atoms with Gasteiger partial charge in [-0.25, -0.2) is 8.78 Å². The molecule has 1 aliphatic heterocycles. The first-order valence-corrected chi connectivity index (χ1v) is 8.69. The van der Waals surface area contributed by atoms with Gasteiger partial charge in [0.05, 0.1) is 5.56 Å². The van der Waals surface area contributed by atoms with E-state index >= 15 is 0 Å². The van der Waals surface area contributed by atoms with Gasteiger partial charge >= 0.3 is 0 Å². The Morgan fingerprint density at radius 3 is 2.11 bits per heavy atom. The SMILES string of the molecule is CC(N)(C(=O)N1CCN(C(=O)c2ccc(F)cc2F)CC1)c1ccccc1.Cl. The molecule has 8 heteroatoms. The zero-order valence-electron chi connectivity index (χ0n) is 15.4. The van der Waals surface area contributed by atoms with Gasteiger partial charge in [0.2, 0.25) is 5.91 Å². The molecule has 0 saturated carbocycles. The first-order chi connectivity index (χ1) is 12.8. The van der Waals surface area contributed by atoms with Crippen molar-refractivity contribution in [3.63, 3.8) is 0 Å². The fourth-order valence-electron chi connectivity index (χ4n) is 3.18. The Balaban J connectivity index is 0.00000280. The van der Waals surface area contributed by atoms with E-state index < -0.39 is 23.1 Å². The maximum atomic E-state index is 13.8. The minimum absolute atomic E-state index is 0. The van der Waals surface area contributed by atoms with Crippen molar-refractivity contribution in [3.05, 3.63) is 71.3 Å². The Bertz CT molecular complexity index is 854. The molecule has 1 unspecified atom stereocenters. The molecule has 5 nitrogen and oxygen atoms in total. The van der Waals surface area contributed by atoms with Gasteiger partial charge in [0.15, 0.2) is 0 Å². The van der Waals surface area contributed by atoms with Crippen LogP contribution in [-0.4, -0.2) is 47.8 Å². The molecule has 0 bridgehead atoms. The second kappa shape index (κ2) is 8.67. The largest absolute Gasteiger partial charge is 0.337 e. The summed E-state index contributed by atoms with van der Waals surface area (Å²) in [4.78, 5) is 28.4. The average molecular weight is 410 g/mol. The lowest BCUT2D eigenvalue weighted by molar-refractivity contribution is -0.138. The van der Waals surface area contributed by atoms with E-state index in [0.717, 1.165) is 12.1 Å². The minimum Gasteiger partial charge on any atom is -0.337 e. The second-order valence-electron chi connectivity index (χ2n) is 6.78. The van der Waals surface area contributed by atoms with Crippen molar-refractivity contribution in [2.45, 2.75) is 12.5 Å². The molecule has 2 aromatic carbocycles. The number of rotatable bonds is 3. The Hall–Kier alpha value is -2.51. The lowest BCUT2D eigenvalue weighted by atomic mass is 9.91. The molecule has 0 spiro atoms. The van der Waals surface area contributed by atoms with Gasteiger partial charge in [0.1, 0.15) is 17.2 Å². The van der Waals surface area contributed by atoms with Crippen LogP contribution in [0.3, 0.4) is 0 Å². The highest BCUT2D eigenvalue weighted by atomic mass is 35.5. The van der Waals surface area contributed by atoms with Crippen LogP contribution >= 0.6 is 12.4 Å². The van der Waals surface area contributed by atoms with Crippen LogP contribution in [0.4, 0.5) is 8.78 Å². The predicted octanol–water partition coefficient (Wildman–Crippen LogP) is 2.55. The third kappa shape index (κ3) is 4.31. The number of halogens is 3. The summed E-state index contributed by atoms with van der Waals surface area (Å²) >= 11 is 0. The third-order valence-corrected chi connectivity index (χ3v) is 4.83. The molecule has 1 saturated heterocycles. The topological polar surface area (TPSA) is 66.6 Å². The molecule has 0 aromatic heterocycles. The molecule has 2 aromatic rings. The van der Waals surface area contributed by atoms with Gasteiger partial charge in [0, 0.05) is 32.2 Å². The third-order valence-electron chi connectivity index (χ3n) is 4.83. The molecule has 1 heterocycles. The van der Waals surface area contributed by atoms with Gasteiger partial charge in [0.25, 0.3) is 5.91 Å². The van der Waals surface area contributed by atoms with E-state index in [2.05, 4.69) is 0 Å². The van der Waals surface area contributed by atoms with Crippen molar-refractivity contribution in [2.24, 2.45) is 5.73 Å². The molecule has 0 aliphatic carbocycles. The minimum atomic E-state index is -1.17. The van der Waals surface area contributed by atoms with Crippen LogP contribution in [0.5, 0.6) is 0 Å². The highest BCUT2D eigenvalue weighted by Crippen LogP contribution is 2.22. The number of nitrogens with zero attached hydrogens (tertiary/aromatic N) is 2. The van der Waals surface area contributed by atoms with Crippen molar-refractivity contribution in [3.8, 4) is 0 Å². The first kappa shape index (κ1) is 21.8. The van der Waals surface area contributed by atoms with Crippen LogP contribution < -0.4 is 5.73 Å². The molecule has 1 atom stereocenters. The summed E-state index contributed by atoms with van der Waals surface area (Å²) in [5, 5.41) is 0. The lowest BCUT2D eigenvalue weighted by Gasteiger charge is -2.38. The molecule has 3 rings (SSSR count). The number of hydrogen-bond acceptors (Lipinski definition) is 3. The van der Waals surface area contributed by atoms with Gasteiger partial charge in [-0.1, -0.05) is 30.3 Å². The van der Waals surface area contributed by atoms with Crippen LogP contribution in [0.25, 0.3) is 0 Å². The smallest absolute Gasteiger partial charge is 0.256 e. The Morgan fingerprint density at radius 2 is 1.54 bits per heavy atom. The van der Waals surface area contributed by atoms with Crippen LogP contribution in [0, 0.1) is 11.6 Å². The number of benzene rings is 2. The van der Waals surface area contributed by atoms with Crippen molar-refractivity contribution < 1.29 is 18.4 Å². The highest BCUT2D eigenvalue weighted by molar-refractivity contribution is 5.95. The summed E-state index contributed by atoms with van der Waals surface area (Å²) in [5.74, 6) is -2.37. The molecule has 150 valence electrons. The average Bonchev–Trinajstić information content (AvgIpc) is 2.68. The molecule has 0 radical (unpaired) electrons. The number of carbonyl (C=O) groups excluding carboxylic acids is 2. The summed E-state index contributed by atoms with van der Waals surface area (Å²) in [6.45, 7) is 2.77. The fourth-order valence-corrected chi connectivity index (χ4v) is 3.18. The molecule has 1 aliphatic rings. The Morgan fingerprint density at radius 1 is 0.964 bits per heavy atom. The van der Waals surface area contributed by atoms with Gasteiger partial charge in [-0.15, -0.1) is 12.4 Å². The monoisotopic (exact) mass is 409 g/mol. The van der Waals surface area contributed by atoms with Crippen molar-refractivity contribution in [1.29, 1.82) is 0 Å². The van der Waals surface area contributed by atoms with Gasteiger partial charge in [-0.05, 0) is 24.6 Å². The van der Waals surface area contributed by atoms with Gasteiger partial charge < -0.3 is 15.5 Å². The van der Waals surface area contributed by atoms with Crippen molar-refractivity contribution in [1.82, 2.24) is 9.80 Å². The summed E-state index contributed by atoms with van der Waals surface area (Å²) in [7, 11) is 0.